The van der Waals surface area contributed by atoms with Crippen molar-refractivity contribution in [2.45, 2.75) is 6.54 Å². The first-order valence-corrected chi connectivity index (χ1v) is 7.79. The van der Waals surface area contributed by atoms with Gasteiger partial charge in [0.1, 0.15) is 5.82 Å². The number of aromatic nitrogens is 2. The Morgan fingerprint density at radius 3 is 2.87 bits per heavy atom. The summed E-state index contributed by atoms with van der Waals surface area (Å²) in [5.74, 6) is 0.323. The molecule has 1 aromatic carbocycles. The Hall–Kier alpha value is -2.93. The zero-order valence-corrected chi connectivity index (χ0v) is 13.0. The first-order valence-electron chi connectivity index (χ1n) is 6.97. The van der Waals surface area contributed by atoms with Gasteiger partial charge in [-0.25, -0.2) is 9.97 Å². The Balaban J connectivity index is 1.61. The molecule has 0 saturated heterocycles. The lowest BCUT2D eigenvalue weighted by Crippen LogP contribution is -2.11. The van der Waals surface area contributed by atoms with E-state index < -0.39 is 5.91 Å². The van der Waals surface area contributed by atoms with Crippen LogP contribution in [0.1, 0.15) is 15.2 Å². The van der Waals surface area contributed by atoms with Crippen molar-refractivity contribution < 1.29 is 4.79 Å². The van der Waals surface area contributed by atoms with Crippen LogP contribution in [0.5, 0.6) is 0 Å². The number of carbonyl (C=O) groups excluding carboxylic acids is 1. The largest absolute Gasteiger partial charge is 0.380 e. The molecule has 6 nitrogen and oxygen atoms in total. The van der Waals surface area contributed by atoms with E-state index in [1.165, 1.54) is 0 Å². The molecule has 0 spiro atoms. The smallest absolute Gasteiger partial charge is 0.248 e. The fourth-order valence-electron chi connectivity index (χ4n) is 1.96. The SMILES string of the molecule is NC(=O)c1cccc(NCc2cnc(Nc3ccccn3)s2)c1. The summed E-state index contributed by atoms with van der Waals surface area (Å²) in [6.07, 6.45) is 3.53. The molecule has 0 saturated carbocycles. The van der Waals surface area contributed by atoms with Crippen LogP contribution in [-0.2, 0) is 6.54 Å². The lowest BCUT2D eigenvalue weighted by Gasteiger charge is -2.05. The van der Waals surface area contributed by atoms with E-state index in [0.717, 1.165) is 21.5 Å². The van der Waals surface area contributed by atoms with Crippen LogP contribution < -0.4 is 16.4 Å². The van der Waals surface area contributed by atoms with Gasteiger partial charge in [0, 0.05) is 28.5 Å². The summed E-state index contributed by atoms with van der Waals surface area (Å²) in [7, 11) is 0. The maximum Gasteiger partial charge on any atom is 0.248 e. The highest BCUT2D eigenvalue weighted by Gasteiger charge is 2.04. The molecule has 116 valence electrons. The highest BCUT2D eigenvalue weighted by atomic mass is 32.1. The van der Waals surface area contributed by atoms with Crippen molar-refractivity contribution in [3.8, 4) is 0 Å². The van der Waals surface area contributed by atoms with E-state index in [1.807, 2.05) is 24.3 Å². The molecule has 0 bridgehead atoms. The maximum absolute atomic E-state index is 11.2. The molecule has 0 aliphatic rings. The van der Waals surface area contributed by atoms with Crippen LogP contribution in [0.25, 0.3) is 0 Å². The van der Waals surface area contributed by atoms with E-state index in [-0.39, 0.29) is 0 Å². The second-order valence-corrected chi connectivity index (χ2v) is 5.89. The van der Waals surface area contributed by atoms with Crippen LogP contribution in [0.3, 0.4) is 0 Å². The van der Waals surface area contributed by atoms with E-state index in [9.17, 15) is 4.79 Å². The summed E-state index contributed by atoms with van der Waals surface area (Å²) in [4.78, 5) is 20.8. The minimum absolute atomic E-state index is 0.437. The lowest BCUT2D eigenvalue weighted by atomic mass is 10.2. The summed E-state index contributed by atoms with van der Waals surface area (Å²) >= 11 is 1.54. The van der Waals surface area contributed by atoms with E-state index in [0.29, 0.717) is 12.1 Å². The number of thiazole rings is 1. The third-order valence-electron chi connectivity index (χ3n) is 3.07. The molecular weight excluding hydrogens is 310 g/mol. The minimum atomic E-state index is -0.437. The van der Waals surface area contributed by atoms with Crippen molar-refractivity contribution in [3.05, 3.63) is 65.3 Å². The van der Waals surface area contributed by atoms with Crippen molar-refractivity contribution in [2.24, 2.45) is 5.73 Å². The second-order valence-electron chi connectivity index (χ2n) is 4.77. The van der Waals surface area contributed by atoms with Crippen molar-refractivity contribution in [1.82, 2.24) is 9.97 Å². The maximum atomic E-state index is 11.2. The molecule has 0 unspecified atom stereocenters. The quantitative estimate of drug-likeness (QED) is 0.648. The van der Waals surface area contributed by atoms with E-state index >= 15 is 0 Å². The Morgan fingerprint density at radius 2 is 2.09 bits per heavy atom. The number of benzene rings is 1. The lowest BCUT2D eigenvalue weighted by molar-refractivity contribution is 0.100. The van der Waals surface area contributed by atoms with Crippen molar-refractivity contribution >= 4 is 33.9 Å². The monoisotopic (exact) mass is 325 g/mol. The highest BCUT2D eigenvalue weighted by Crippen LogP contribution is 2.22. The number of nitrogens with one attached hydrogen (secondary N) is 2. The zero-order chi connectivity index (χ0) is 16.1. The summed E-state index contributed by atoms with van der Waals surface area (Å²) in [5, 5.41) is 7.19. The number of nitrogens with two attached hydrogens (primary N) is 1. The molecule has 2 aromatic heterocycles. The van der Waals surface area contributed by atoms with Crippen LogP contribution in [0.15, 0.2) is 54.9 Å². The van der Waals surface area contributed by atoms with Gasteiger partial charge in [-0.2, -0.15) is 0 Å². The Labute approximate surface area is 137 Å². The summed E-state index contributed by atoms with van der Waals surface area (Å²) in [6.45, 7) is 0.615. The standard InChI is InChI=1S/C16H15N5OS/c17-15(22)11-4-3-5-12(8-11)19-9-13-10-20-16(23-13)21-14-6-1-2-7-18-14/h1-8,10,19H,9H2,(H2,17,22)(H,18,20,21). The molecule has 7 heteroatoms. The molecule has 0 atom stereocenters. The van der Waals surface area contributed by atoms with E-state index in [2.05, 4.69) is 20.6 Å². The number of amides is 1. The molecule has 0 aliphatic heterocycles. The van der Waals surface area contributed by atoms with Gasteiger partial charge in [-0.05, 0) is 30.3 Å². The van der Waals surface area contributed by atoms with Gasteiger partial charge in [-0.3, -0.25) is 4.79 Å². The highest BCUT2D eigenvalue weighted by molar-refractivity contribution is 7.15. The first-order chi connectivity index (χ1) is 11.2. The molecule has 23 heavy (non-hydrogen) atoms. The fraction of sp³-hybridized carbons (Fsp3) is 0.0625. The Morgan fingerprint density at radius 1 is 1.17 bits per heavy atom. The third-order valence-corrected chi connectivity index (χ3v) is 3.98. The van der Waals surface area contributed by atoms with Gasteiger partial charge in [0.15, 0.2) is 5.13 Å². The van der Waals surface area contributed by atoms with Crippen molar-refractivity contribution in [1.29, 1.82) is 0 Å². The molecule has 4 N–H and O–H groups in total. The number of nitrogens with zero attached hydrogens (tertiary/aromatic N) is 2. The van der Waals surface area contributed by atoms with Crippen LogP contribution in [0, 0.1) is 0 Å². The van der Waals surface area contributed by atoms with Gasteiger partial charge in [0.25, 0.3) is 0 Å². The summed E-state index contributed by atoms with van der Waals surface area (Å²) < 4.78 is 0. The zero-order valence-electron chi connectivity index (χ0n) is 12.2. The number of primary amides is 1. The normalized spacial score (nSPS) is 10.3. The third kappa shape index (κ3) is 4.04. The van der Waals surface area contributed by atoms with Crippen LogP contribution in [0.2, 0.25) is 0 Å². The van der Waals surface area contributed by atoms with Crippen LogP contribution >= 0.6 is 11.3 Å². The first kappa shape index (κ1) is 15.0. The Kier molecular flexibility index (Phi) is 4.49. The number of anilines is 3. The van der Waals surface area contributed by atoms with Crippen LogP contribution in [0.4, 0.5) is 16.6 Å². The average Bonchev–Trinajstić information content (AvgIpc) is 3.01. The minimum Gasteiger partial charge on any atom is -0.380 e. The van der Waals surface area contributed by atoms with Crippen LogP contribution in [-0.4, -0.2) is 15.9 Å². The number of hydrogen-bond donors (Lipinski definition) is 3. The van der Waals surface area contributed by atoms with Crippen molar-refractivity contribution in [3.63, 3.8) is 0 Å². The van der Waals surface area contributed by atoms with Gasteiger partial charge >= 0.3 is 0 Å². The summed E-state index contributed by atoms with van der Waals surface area (Å²) in [6, 6.07) is 12.8. The molecule has 3 aromatic rings. The Bertz CT molecular complexity index is 803. The molecule has 3 rings (SSSR count). The van der Waals surface area contributed by atoms with Gasteiger partial charge < -0.3 is 16.4 Å². The fourth-order valence-corrected chi connectivity index (χ4v) is 2.72. The molecule has 0 fully saturated rings. The molecular formula is C16H15N5OS. The van der Waals surface area contributed by atoms with Gasteiger partial charge in [0.2, 0.25) is 5.91 Å². The topological polar surface area (TPSA) is 92.9 Å². The number of hydrogen-bond acceptors (Lipinski definition) is 6. The molecule has 0 aliphatic carbocycles. The van der Waals surface area contributed by atoms with Gasteiger partial charge in [-0.1, -0.05) is 23.5 Å². The van der Waals surface area contributed by atoms with Gasteiger partial charge in [-0.15, -0.1) is 0 Å². The predicted octanol–water partition coefficient (Wildman–Crippen LogP) is 2.99. The second kappa shape index (κ2) is 6.89. The average molecular weight is 325 g/mol. The number of carbonyl (C=O) groups is 1. The molecule has 2 heterocycles. The predicted molar refractivity (Wildman–Crippen MR) is 91.9 cm³/mol. The molecule has 1 amide bonds. The van der Waals surface area contributed by atoms with Crippen molar-refractivity contribution in [2.75, 3.05) is 10.6 Å². The summed E-state index contributed by atoms with van der Waals surface area (Å²) in [5.41, 5.74) is 6.60. The number of rotatable bonds is 6. The van der Waals surface area contributed by atoms with Gasteiger partial charge in [0.05, 0.1) is 6.54 Å². The van der Waals surface area contributed by atoms with E-state index in [1.54, 1.807) is 41.9 Å². The molecule has 0 radical (unpaired) electrons. The van der Waals surface area contributed by atoms with E-state index in [4.69, 9.17) is 5.73 Å². The number of pyridine rings is 1.